The van der Waals surface area contributed by atoms with Gasteiger partial charge in [-0.25, -0.2) is 4.39 Å². The first-order valence-corrected chi connectivity index (χ1v) is 5.71. The van der Waals surface area contributed by atoms with E-state index in [9.17, 15) is 4.39 Å². The summed E-state index contributed by atoms with van der Waals surface area (Å²) in [4.78, 5) is 3.10. The number of halogens is 1. The van der Waals surface area contributed by atoms with Gasteiger partial charge in [-0.2, -0.15) is 0 Å². The Bertz CT molecular complexity index is 526. The second-order valence-electron chi connectivity index (χ2n) is 4.84. The zero-order valence-corrected chi connectivity index (χ0v) is 9.09. The fourth-order valence-corrected chi connectivity index (χ4v) is 2.20. The van der Waals surface area contributed by atoms with Crippen LogP contribution in [0.1, 0.15) is 24.8 Å². The van der Waals surface area contributed by atoms with Gasteiger partial charge in [0, 0.05) is 22.6 Å². The standard InChI is InChI=1S/C13H15FN2/c14-10-2-1-3-11-12(10)9(8-16-11)4-5-13(15)6-7-13/h1-3,8,16H,4-7,15H2. The maximum Gasteiger partial charge on any atom is 0.132 e. The molecule has 0 unspecified atom stereocenters. The predicted octanol–water partition coefficient (Wildman–Crippen LogP) is 2.73. The maximum absolute atomic E-state index is 13.7. The highest BCUT2D eigenvalue weighted by molar-refractivity contribution is 5.83. The van der Waals surface area contributed by atoms with Crippen molar-refractivity contribution in [1.29, 1.82) is 0 Å². The van der Waals surface area contributed by atoms with Crippen molar-refractivity contribution in [2.24, 2.45) is 5.73 Å². The number of benzene rings is 1. The van der Waals surface area contributed by atoms with Crippen molar-refractivity contribution in [2.45, 2.75) is 31.2 Å². The molecular weight excluding hydrogens is 203 g/mol. The van der Waals surface area contributed by atoms with E-state index in [-0.39, 0.29) is 11.4 Å². The van der Waals surface area contributed by atoms with Crippen LogP contribution in [-0.4, -0.2) is 10.5 Å². The largest absolute Gasteiger partial charge is 0.361 e. The minimum Gasteiger partial charge on any atom is -0.361 e. The molecule has 2 aromatic rings. The quantitative estimate of drug-likeness (QED) is 0.817. The van der Waals surface area contributed by atoms with Gasteiger partial charge in [0.2, 0.25) is 0 Å². The highest BCUT2D eigenvalue weighted by Gasteiger charge is 2.37. The molecule has 0 atom stereocenters. The first-order valence-electron chi connectivity index (χ1n) is 5.71. The fraction of sp³-hybridized carbons (Fsp3) is 0.385. The monoisotopic (exact) mass is 218 g/mol. The van der Waals surface area contributed by atoms with Gasteiger partial charge in [-0.3, -0.25) is 0 Å². The Balaban J connectivity index is 1.91. The van der Waals surface area contributed by atoms with Crippen molar-refractivity contribution in [2.75, 3.05) is 0 Å². The lowest BCUT2D eigenvalue weighted by atomic mass is 10.0. The van der Waals surface area contributed by atoms with E-state index in [4.69, 9.17) is 5.73 Å². The van der Waals surface area contributed by atoms with Crippen LogP contribution in [0.2, 0.25) is 0 Å². The number of H-pyrrole nitrogens is 1. The van der Waals surface area contributed by atoms with Gasteiger partial charge in [0.05, 0.1) is 0 Å². The van der Waals surface area contributed by atoms with Crippen LogP contribution >= 0.6 is 0 Å². The summed E-state index contributed by atoms with van der Waals surface area (Å²) in [5.41, 5.74) is 8.00. The summed E-state index contributed by atoms with van der Waals surface area (Å²) in [7, 11) is 0. The molecule has 0 saturated heterocycles. The molecule has 16 heavy (non-hydrogen) atoms. The van der Waals surface area contributed by atoms with E-state index >= 15 is 0 Å². The zero-order valence-electron chi connectivity index (χ0n) is 9.09. The first-order chi connectivity index (χ1) is 7.68. The van der Waals surface area contributed by atoms with Crippen molar-refractivity contribution in [1.82, 2.24) is 4.98 Å². The summed E-state index contributed by atoms with van der Waals surface area (Å²) >= 11 is 0. The molecule has 0 spiro atoms. The van der Waals surface area contributed by atoms with E-state index in [1.807, 2.05) is 12.3 Å². The van der Waals surface area contributed by atoms with Crippen molar-refractivity contribution in [3.8, 4) is 0 Å². The molecule has 1 aromatic heterocycles. The second kappa shape index (κ2) is 3.32. The minimum absolute atomic E-state index is 0.0366. The Kier molecular flexibility index (Phi) is 2.04. The topological polar surface area (TPSA) is 41.8 Å². The molecule has 0 bridgehead atoms. The molecule has 2 nitrogen and oxygen atoms in total. The minimum atomic E-state index is -0.143. The number of aryl methyl sites for hydroxylation is 1. The molecule has 3 heteroatoms. The van der Waals surface area contributed by atoms with Gasteiger partial charge >= 0.3 is 0 Å². The summed E-state index contributed by atoms with van der Waals surface area (Å²) in [5, 5.41) is 0.728. The summed E-state index contributed by atoms with van der Waals surface area (Å²) in [6.07, 6.45) is 5.93. The zero-order chi connectivity index (χ0) is 11.2. The molecule has 1 aliphatic carbocycles. The molecular formula is C13H15FN2. The van der Waals surface area contributed by atoms with E-state index in [1.165, 1.54) is 6.07 Å². The molecule has 1 fully saturated rings. The first kappa shape index (κ1) is 9.85. The number of nitrogens with two attached hydrogens (primary N) is 1. The maximum atomic E-state index is 13.7. The lowest BCUT2D eigenvalue weighted by molar-refractivity contribution is 0.607. The highest BCUT2D eigenvalue weighted by Crippen LogP contribution is 2.37. The van der Waals surface area contributed by atoms with Gasteiger partial charge in [0.25, 0.3) is 0 Å². The molecule has 0 radical (unpaired) electrons. The average molecular weight is 218 g/mol. The van der Waals surface area contributed by atoms with Crippen LogP contribution in [0.5, 0.6) is 0 Å². The Morgan fingerprint density at radius 1 is 1.38 bits per heavy atom. The second-order valence-corrected chi connectivity index (χ2v) is 4.84. The molecule has 0 aliphatic heterocycles. The Morgan fingerprint density at radius 3 is 2.94 bits per heavy atom. The number of rotatable bonds is 3. The van der Waals surface area contributed by atoms with E-state index in [2.05, 4.69) is 4.98 Å². The number of nitrogens with one attached hydrogen (secondary N) is 1. The normalized spacial score (nSPS) is 17.9. The smallest absolute Gasteiger partial charge is 0.132 e. The number of hydrogen-bond donors (Lipinski definition) is 2. The summed E-state index contributed by atoms with van der Waals surface area (Å²) in [6.45, 7) is 0. The molecule has 1 heterocycles. The van der Waals surface area contributed by atoms with Gasteiger partial charge in [0.1, 0.15) is 5.82 Å². The van der Waals surface area contributed by atoms with Crippen LogP contribution in [-0.2, 0) is 6.42 Å². The molecule has 84 valence electrons. The van der Waals surface area contributed by atoms with Gasteiger partial charge in [-0.05, 0) is 43.4 Å². The predicted molar refractivity (Wildman–Crippen MR) is 62.7 cm³/mol. The average Bonchev–Trinajstić information content (AvgIpc) is 2.86. The Labute approximate surface area is 93.6 Å². The van der Waals surface area contributed by atoms with Crippen LogP contribution in [0.4, 0.5) is 4.39 Å². The molecule has 1 saturated carbocycles. The molecule has 3 N–H and O–H groups in total. The lowest BCUT2D eigenvalue weighted by Crippen LogP contribution is -2.22. The lowest BCUT2D eigenvalue weighted by Gasteiger charge is -2.07. The number of aromatic nitrogens is 1. The summed E-state index contributed by atoms with van der Waals surface area (Å²) in [6, 6.07) is 5.13. The fourth-order valence-electron chi connectivity index (χ4n) is 2.20. The third-order valence-electron chi connectivity index (χ3n) is 3.52. The van der Waals surface area contributed by atoms with E-state index in [0.29, 0.717) is 0 Å². The third-order valence-corrected chi connectivity index (χ3v) is 3.52. The van der Waals surface area contributed by atoms with E-state index in [1.54, 1.807) is 6.07 Å². The van der Waals surface area contributed by atoms with Crippen molar-refractivity contribution < 1.29 is 4.39 Å². The van der Waals surface area contributed by atoms with Crippen molar-refractivity contribution in [3.63, 3.8) is 0 Å². The highest BCUT2D eigenvalue weighted by atomic mass is 19.1. The van der Waals surface area contributed by atoms with Crippen molar-refractivity contribution >= 4 is 10.9 Å². The Morgan fingerprint density at radius 2 is 2.19 bits per heavy atom. The van der Waals surface area contributed by atoms with Gasteiger partial charge < -0.3 is 10.7 Å². The van der Waals surface area contributed by atoms with E-state index in [0.717, 1.165) is 42.1 Å². The number of hydrogen-bond acceptors (Lipinski definition) is 1. The SMILES string of the molecule is NC1(CCc2c[nH]c3cccc(F)c23)CC1. The Hall–Kier alpha value is -1.35. The molecule has 3 rings (SSSR count). The van der Waals surface area contributed by atoms with Crippen LogP contribution < -0.4 is 5.73 Å². The summed E-state index contributed by atoms with van der Waals surface area (Å²) < 4.78 is 13.7. The van der Waals surface area contributed by atoms with Crippen LogP contribution in [0.3, 0.4) is 0 Å². The van der Waals surface area contributed by atoms with Crippen LogP contribution in [0.15, 0.2) is 24.4 Å². The van der Waals surface area contributed by atoms with Gasteiger partial charge in [-0.1, -0.05) is 6.07 Å². The van der Waals surface area contributed by atoms with Crippen LogP contribution in [0.25, 0.3) is 10.9 Å². The van der Waals surface area contributed by atoms with Crippen molar-refractivity contribution in [3.05, 3.63) is 35.8 Å². The molecule has 1 aromatic carbocycles. The third kappa shape index (κ3) is 1.61. The van der Waals surface area contributed by atoms with Gasteiger partial charge in [0.15, 0.2) is 0 Å². The number of aromatic amines is 1. The number of fused-ring (bicyclic) bond motifs is 1. The summed E-state index contributed by atoms with van der Waals surface area (Å²) in [5.74, 6) is -0.143. The van der Waals surface area contributed by atoms with E-state index < -0.39 is 0 Å². The molecule has 1 aliphatic rings. The molecule has 0 amide bonds. The van der Waals surface area contributed by atoms with Crippen LogP contribution in [0, 0.1) is 5.82 Å². The van der Waals surface area contributed by atoms with Gasteiger partial charge in [-0.15, -0.1) is 0 Å².